The lowest BCUT2D eigenvalue weighted by molar-refractivity contribution is -0.0982. The van der Waals surface area contributed by atoms with E-state index in [1.54, 1.807) is 0 Å². The summed E-state index contributed by atoms with van der Waals surface area (Å²) in [6.07, 6.45) is 4.63. The fourth-order valence-corrected chi connectivity index (χ4v) is 3.37. The zero-order chi connectivity index (χ0) is 10.1. The van der Waals surface area contributed by atoms with Gasteiger partial charge in [0.05, 0.1) is 19.8 Å². The van der Waals surface area contributed by atoms with Crippen molar-refractivity contribution in [3.05, 3.63) is 0 Å². The standard InChI is InChI=1S/C9H17O4P/c1-2-3-4-5-9-6-11-14(10,12-7-9)13-8-9/h2-8H2,1H3. The molecule has 3 saturated heterocycles. The molecule has 5 heteroatoms. The maximum atomic E-state index is 11.4. The number of rotatable bonds is 4. The molecule has 0 aliphatic carbocycles. The lowest BCUT2D eigenvalue weighted by atomic mass is 9.85. The predicted molar refractivity (Wildman–Crippen MR) is 52.0 cm³/mol. The van der Waals surface area contributed by atoms with Crippen molar-refractivity contribution in [3.8, 4) is 0 Å². The van der Waals surface area contributed by atoms with Crippen LogP contribution in [0.15, 0.2) is 0 Å². The Bertz CT molecular complexity index is 222. The number of phosphoric ester groups is 1. The Labute approximate surface area is 84.5 Å². The summed E-state index contributed by atoms with van der Waals surface area (Å²) >= 11 is 0. The number of hydrogen-bond acceptors (Lipinski definition) is 4. The summed E-state index contributed by atoms with van der Waals surface area (Å²) in [5, 5.41) is 0. The predicted octanol–water partition coefficient (Wildman–Crippen LogP) is 2.74. The van der Waals surface area contributed by atoms with Crippen molar-refractivity contribution >= 4 is 7.82 Å². The van der Waals surface area contributed by atoms with E-state index < -0.39 is 7.82 Å². The lowest BCUT2D eigenvalue weighted by Crippen LogP contribution is -2.44. The average Bonchev–Trinajstić information content (AvgIpc) is 2.21. The van der Waals surface area contributed by atoms with Crippen molar-refractivity contribution in [3.63, 3.8) is 0 Å². The van der Waals surface area contributed by atoms with E-state index in [-0.39, 0.29) is 5.41 Å². The highest BCUT2D eigenvalue weighted by atomic mass is 31.2. The molecule has 0 unspecified atom stereocenters. The zero-order valence-corrected chi connectivity index (χ0v) is 9.42. The molecule has 3 rings (SSSR count). The second-order valence-electron chi connectivity index (χ2n) is 4.22. The Morgan fingerprint density at radius 3 is 2.21 bits per heavy atom. The molecule has 3 heterocycles. The highest BCUT2D eigenvalue weighted by Gasteiger charge is 2.49. The van der Waals surface area contributed by atoms with E-state index in [4.69, 9.17) is 13.6 Å². The first kappa shape index (κ1) is 10.6. The van der Waals surface area contributed by atoms with Crippen LogP contribution >= 0.6 is 7.82 Å². The summed E-state index contributed by atoms with van der Waals surface area (Å²) in [6, 6.07) is 0. The molecule has 0 N–H and O–H groups in total. The second-order valence-corrected chi connectivity index (χ2v) is 5.89. The molecule has 0 saturated carbocycles. The molecular formula is C9H17O4P. The normalized spacial score (nSPS) is 41.5. The topological polar surface area (TPSA) is 44.8 Å². The van der Waals surface area contributed by atoms with E-state index in [0.717, 1.165) is 12.8 Å². The van der Waals surface area contributed by atoms with Gasteiger partial charge < -0.3 is 0 Å². The smallest absolute Gasteiger partial charge is 0.286 e. The van der Waals surface area contributed by atoms with Gasteiger partial charge in [0.25, 0.3) is 0 Å². The van der Waals surface area contributed by atoms with Crippen LogP contribution < -0.4 is 0 Å². The van der Waals surface area contributed by atoms with Gasteiger partial charge in [0, 0.05) is 5.41 Å². The van der Waals surface area contributed by atoms with E-state index in [1.165, 1.54) is 12.8 Å². The van der Waals surface area contributed by atoms with Crippen LogP contribution in [0.1, 0.15) is 32.6 Å². The van der Waals surface area contributed by atoms with Crippen molar-refractivity contribution in [2.75, 3.05) is 19.8 Å². The Hall–Kier alpha value is 0.110. The van der Waals surface area contributed by atoms with E-state index in [9.17, 15) is 4.57 Å². The molecule has 4 nitrogen and oxygen atoms in total. The van der Waals surface area contributed by atoms with Crippen LogP contribution in [0.25, 0.3) is 0 Å². The van der Waals surface area contributed by atoms with Gasteiger partial charge in [0.15, 0.2) is 0 Å². The van der Waals surface area contributed by atoms with E-state index >= 15 is 0 Å². The summed E-state index contributed by atoms with van der Waals surface area (Å²) in [5.41, 5.74) is -0.0265. The van der Waals surface area contributed by atoms with Crippen LogP contribution in [-0.2, 0) is 18.1 Å². The largest absolute Gasteiger partial charge is 0.474 e. The summed E-state index contributed by atoms with van der Waals surface area (Å²) in [4.78, 5) is 0. The Morgan fingerprint density at radius 2 is 1.71 bits per heavy atom. The van der Waals surface area contributed by atoms with Gasteiger partial charge in [-0.05, 0) is 6.42 Å². The SMILES string of the molecule is CCCCCC12COP(=O)(OC1)OC2. The molecule has 0 aromatic carbocycles. The monoisotopic (exact) mass is 220 g/mol. The van der Waals surface area contributed by atoms with Gasteiger partial charge in [0.1, 0.15) is 0 Å². The quantitative estimate of drug-likeness (QED) is 0.539. The van der Waals surface area contributed by atoms with Crippen LogP contribution in [0, 0.1) is 5.41 Å². The Kier molecular flexibility index (Phi) is 2.98. The molecule has 0 atom stereocenters. The number of fused-ring (bicyclic) bond motifs is 3. The fraction of sp³-hybridized carbons (Fsp3) is 1.00. The van der Waals surface area contributed by atoms with Crippen molar-refractivity contribution in [1.82, 2.24) is 0 Å². The maximum absolute atomic E-state index is 11.4. The summed E-state index contributed by atoms with van der Waals surface area (Å²) in [7, 11) is -3.11. The first-order chi connectivity index (χ1) is 6.68. The van der Waals surface area contributed by atoms with Gasteiger partial charge in [-0.25, -0.2) is 4.57 Å². The Balaban J connectivity index is 1.88. The van der Waals surface area contributed by atoms with Gasteiger partial charge in [-0.1, -0.05) is 26.2 Å². The molecule has 3 fully saturated rings. The van der Waals surface area contributed by atoms with Crippen molar-refractivity contribution < 1.29 is 18.1 Å². The molecule has 0 aromatic heterocycles. The minimum Gasteiger partial charge on any atom is -0.286 e. The third-order valence-electron chi connectivity index (χ3n) is 2.90. The molecule has 0 radical (unpaired) electrons. The summed E-state index contributed by atoms with van der Waals surface area (Å²) < 4.78 is 26.8. The van der Waals surface area contributed by atoms with Gasteiger partial charge in [-0.2, -0.15) is 0 Å². The minimum atomic E-state index is -3.11. The molecule has 2 bridgehead atoms. The highest BCUT2D eigenvalue weighted by Crippen LogP contribution is 2.60. The second kappa shape index (κ2) is 3.93. The lowest BCUT2D eigenvalue weighted by Gasteiger charge is -2.44. The summed E-state index contributed by atoms with van der Waals surface area (Å²) in [6.45, 7) is 3.78. The van der Waals surface area contributed by atoms with Crippen molar-refractivity contribution in [2.45, 2.75) is 32.6 Å². The van der Waals surface area contributed by atoms with Crippen LogP contribution in [0.3, 0.4) is 0 Å². The van der Waals surface area contributed by atoms with E-state index in [2.05, 4.69) is 6.92 Å². The molecule has 14 heavy (non-hydrogen) atoms. The molecule has 3 aliphatic rings. The first-order valence-corrected chi connectivity index (χ1v) is 6.68. The van der Waals surface area contributed by atoms with Crippen LogP contribution in [0.4, 0.5) is 0 Å². The minimum absolute atomic E-state index is 0.0265. The highest BCUT2D eigenvalue weighted by molar-refractivity contribution is 7.48. The molecule has 0 aromatic rings. The van der Waals surface area contributed by atoms with Crippen LogP contribution in [-0.4, -0.2) is 19.8 Å². The molecular weight excluding hydrogens is 203 g/mol. The number of unbranched alkanes of at least 4 members (excludes halogenated alkanes) is 2. The summed E-state index contributed by atoms with van der Waals surface area (Å²) in [5.74, 6) is 0. The van der Waals surface area contributed by atoms with Gasteiger partial charge in [-0.3, -0.25) is 13.6 Å². The number of hydrogen-bond donors (Lipinski definition) is 0. The molecule has 0 spiro atoms. The van der Waals surface area contributed by atoms with Gasteiger partial charge >= 0.3 is 7.82 Å². The maximum Gasteiger partial charge on any atom is 0.474 e. The Morgan fingerprint density at radius 1 is 1.14 bits per heavy atom. The molecule has 3 aliphatic heterocycles. The van der Waals surface area contributed by atoms with Gasteiger partial charge in [0.2, 0.25) is 0 Å². The van der Waals surface area contributed by atoms with Crippen LogP contribution in [0.5, 0.6) is 0 Å². The molecule has 82 valence electrons. The van der Waals surface area contributed by atoms with Crippen LogP contribution in [0.2, 0.25) is 0 Å². The van der Waals surface area contributed by atoms with Gasteiger partial charge in [-0.15, -0.1) is 0 Å². The first-order valence-electron chi connectivity index (χ1n) is 5.22. The zero-order valence-electron chi connectivity index (χ0n) is 8.53. The third kappa shape index (κ3) is 2.03. The molecule has 0 amide bonds. The average molecular weight is 220 g/mol. The third-order valence-corrected chi connectivity index (χ3v) is 4.23. The van der Waals surface area contributed by atoms with Crippen molar-refractivity contribution in [1.29, 1.82) is 0 Å². The van der Waals surface area contributed by atoms with E-state index in [0.29, 0.717) is 19.8 Å². The number of phosphoric acid groups is 1. The van der Waals surface area contributed by atoms with Crippen molar-refractivity contribution in [2.24, 2.45) is 5.41 Å². The van der Waals surface area contributed by atoms with E-state index in [1.807, 2.05) is 0 Å². The fourth-order valence-electron chi connectivity index (χ4n) is 1.85.